The summed E-state index contributed by atoms with van der Waals surface area (Å²) in [5.74, 6) is -0.894. The molecule has 1 aliphatic carbocycles. The summed E-state index contributed by atoms with van der Waals surface area (Å²) in [6, 6.07) is 27.4. The van der Waals surface area contributed by atoms with Gasteiger partial charge >= 0.3 is 5.97 Å². The highest BCUT2D eigenvalue weighted by atomic mass is 16.5. The van der Waals surface area contributed by atoms with Crippen LogP contribution in [-0.2, 0) is 11.2 Å². The maximum atomic E-state index is 10.6. The summed E-state index contributed by atoms with van der Waals surface area (Å²) in [5, 5.41) is 31.3. The molecule has 0 saturated heterocycles. The zero-order valence-electron chi connectivity index (χ0n) is 25.9. The molecule has 1 aliphatic rings. The lowest BCUT2D eigenvalue weighted by Crippen LogP contribution is -2.37. The topological polar surface area (TPSA) is 99.0 Å². The van der Waals surface area contributed by atoms with Gasteiger partial charge in [0.15, 0.2) is 0 Å². The Bertz CT molecular complexity index is 1260. The van der Waals surface area contributed by atoms with Crippen LogP contribution in [0.3, 0.4) is 0 Å². The first-order valence-electron chi connectivity index (χ1n) is 15.9. The van der Waals surface area contributed by atoms with E-state index in [9.17, 15) is 15.0 Å². The minimum Gasteiger partial charge on any atom is -0.478 e. The molecule has 44 heavy (non-hydrogen) atoms. The van der Waals surface area contributed by atoms with Gasteiger partial charge in [-0.2, -0.15) is 0 Å². The van der Waals surface area contributed by atoms with Crippen molar-refractivity contribution in [1.82, 2.24) is 5.32 Å². The van der Waals surface area contributed by atoms with Crippen LogP contribution >= 0.6 is 0 Å². The zero-order valence-corrected chi connectivity index (χ0v) is 25.9. The van der Waals surface area contributed by atoms with Crippen molar-refractivity contribution in [2.45, 2.75) is 51.4 Å². The Labute approximate surface area is 263 Å². The number of aliphatic hydroxyl groups is 2. The predicted octanol–water partition coefficient (Wildman–Crippen LogP) is 7.09. The number of carbonyl (C=O) groups is 1. The first-order chi connectivity index (χ1) is 21.5. The first kappa shape index (κ1) is 34.9. The molecule has 0 aromatic heterocycles. The van der Waals surface area contributed by atoms with E-state index in [0.29, 0.717) is 5.56 Å². The molecule has 4 rings (SSSR count). The summed E-state index contributed by atoms with van der Waals surface area (Å²) in [5.41, 5.74) is 4.57. The van der Waals surface area contributed by atoms with E-state index in [-0.39, 0.29) is 18.6 Å². The highest BCUT2D eigenvalue weighted by Crippen LogP contribution is 2.30. The molecule has 0 saturated carbocycles. The van der Waals surface area contributed by atoms with Gasteiger partial charge in [0.25, 0.3) is 0 Å². The van der Waals surface area contributed by atoms with Crippen LogP contribution in [0.15, 0.2) is 109 Å². The number of aromatic carboxylic acids is 1. The monoisotopic (exact) mass is 599 g/mol. The molecule has 0 heterocycles. The van der Waals surface area contributed by atoms with Crippen LogP contribution in [0, 0.1) is 5.41 Å². The average Bonchev–Trinajstić information content (AvgIpc) is 3.08. The maximum absolute atomic E-state index is 10.6. The number of unbranched alkanes of at least 4 members (excludes halogenated alkanes) is 4. The number of aliphatic hydroxyl groups excluding tert-OH is 2. The largest absolute Gasteiger partial charge is 0.478 e. The molecular formula is C38H49NO5. The summed E-state index contributed by atoms with van der Waals surface area (Å²) >= 11 is 0. The van der Waals surface area contributed by atoms with E-state index < -0.39 is 5.97 Å². The molecule has 3 aromatic carbocycles. The van der Waals surface area contributed by atoms with Gasteiger partial charge in [-0.15, -0.1) is 0 Å². The quantitative estimate of drug-likeness (QED) is 0.117. The van der Waals surface area contributed by atoms with Gasteiger partial charge in [0.1, 0.15) is 0 Å². The molecule has 0 amide bonds. The molecule has 6 heteroatoms. The summed E-state index contributed by atoms with van der Waals surface area (Å²) in [7, 11) is 0. The van der Waals surface area contributed by atoms with Crippen LogP contribution in [0.5, 0.6) is 0 Å². The maximum Gasteiger partial charge on any atom is 0.335 e. The minimum atomic E-state index is -0.894. The van der Waals surface area contributed by atoms with E-state index >= 15 is 0 Å². The molecule has 0 fully saturated rings. The summed E-state index contributed by atoms with van der Waals surface area (Å²) in [6.07, 6.45) is 14.8. The lowest BCUT2D eigenvalue weighted by atomic mass is 9.79. The number of ether oxygens (including phenoxy) is 1. The van der Waals surface area contributed by atoms with E-state index in [2.05, 4.69) is 41.7 Å². The normalized spacial score (nSPS) is 15.7. The van der Waals surface area contributed by atoms with Crippen LogP contribution in [-0.4, -0.2) is 60.8 Å². The van der Waals surface area contributed by atoms with Gasteiger partial charge in [0.05, 0.1) is 18.8 Å². The fourth-order valence-corrected chi connectivity index (χ4v) is 5.21. The van der Waals surface area contributed by atoms with Gasteiger partial charge < -0.3 is 25.4 Å². The van der Waals surface area contributed by atoms with Crippen LogP contribution < -0.4 is 5.32 Å². The first-order valence-corrected chi connectivity index (χ1v) is 15.9. The number of carboxylic acid groups (broad SMARTS) is 1. The third-order valence-electron chi connectivity index (χ3n) is 7.83. The Kier molecular flexibility index (Phi) is 16.2. The second-order valence-corrected chi connectivity index (χ2v) is 11.4. The lowest BCUT2D eigenvalue weighted by Gasteiger charge is -2.32. The molecule has 1 unspecified atom stereocenters. The molecule has 3 aromatic rings. The van der Waals surface area contributed by atoms with Crippen LogP contribution in [0.1, 0.15) is 60.9 Å². The van der Waals surface area contributed by atoms with Crippen LogP contribution in [0.2, 0.25) is 0 Å². The zero-order chi connectivity index (χ0) is 31.3. The van der Waals surface area contributed by atoms with Gasteiger partial charge in [-0.1, -0.05) is 104 Å². The number of hydrogen-bond acceptors (Lipinski definition) is 5. The molecule has 1 atom stereocenters. The van der Waals surface area contributed by atoms with E-state index in [4.69, 9.17) is 9.84 Å². The second kappa shape index (κ2) is 20.4. The second-order valence-electron chi connectivity index (χ2n) is 11.4. The van der Waals surface area contributed by atoms with E-state index in [0.717, 1.165) is 75.1 Å². The molecule has 0 bridgehead atoms. The van der Waals surface area contributed by atoms with E-state index in [1.165, 1.54) is 24.8 Å². The highest BCUT2D eigenvalue weighted by molar-refractivity contribution is 5.88. The minimum absolute atomic E-state index is 0.0706. The summed E-state index contributed by atoms with van der Waals surface area (Å²) < 4.78 is 5.75. The van der Waals surface area contributed by atoms with Gasteiger partial charge in [-0.25, -0.2) is 4.79 Å². The van der Waals surface area contributed by atoms with Gasteiger partial charge in [-0.3, -0.25) is 0 Å². The number of rotatable bonds is 18. The van der Waals surface area contributed by atoms with Crippen molar-refractivity contribution < 1.29 is 24.9 Å². The molecule has 236 valence electrons. The van der Waals surface area contributed by atoms with Crippen molar-refractivity contribution in [3.8, 4) is 11.1 Å². The van der Waals surface area contributed by atoms with Crippen molar-refractivity contribution in [2.75, 3.05) is 39.5 Å². The third-order valence-corrected chi connectivity index (χ3v) is 7.83. The smallest absolute Gasteiger partial charge is 0.335 e. The molecule has 0 aliphatic heterocycles. The molecule has 6 nitrogen and oxygen atoms in total. The van der Waals surface area contributed by atoms with Gasteiger partial charge in [0, 0.05) is 25.2 Å². The number of benzene rings is 3. The standard InChI is InChI=1S/C25H39NO3.C13H10O2/c27-20-24-14-10-15-25(19-24,22-28)21-26-16-7-1-2-8-17-29-18-9-6-13-23-11-4-3-5-12-23;14-13(15)12-8-6-11(7-9-12)10-4-2-1-3-5-10/h3-5,10-12,14-15,26-28H,1-2,6-9,13,16-22H2;1-9H,(H,14,15). The molecular weight excluding hydrogens is 550 g/mol. The number of aryl methyl sites for hydroxylation is 1. The Balaban J connectivity index is 0.000000293. The number of carboxylic acids is 1. The fraction of sp³-hybridized carbons (Fsp3) is 0.395. The Morgan fingerprint density at radius 1 is 0.773 bits per heavy atom. The molecule has 4 N–H and O–H groups in total. The van der Waals surface area contributed by atoms with Gasteiger partial charge in [0.2, 0.25) is 0 Å². The number of nitrogens with one attached hydrogen (secondary N) is 1. The Morgan fingerprint density at radius 2 is 1.41 bits per heavy atom. The number of hydrogen-bond donors (Lipinski definition) is 4. The fourth-order valence-electron chi connectivity index (χ4n) is 5.21. The van der Waals surface area contributed by atoms with Crippen LogP contribution in [0.25, 0.3) is 11.1 Å². The van der Waals surface area contributed by atoms with Crippen molar-refractivity contribution in [3.05, 3.63) is 120 Å². The van der Waals surface area contributed by atoms with E-state index in [1.54, 1.807) is 12.1 Å². The third kappa shape index (κ3) is 13.0. The lowest BCUT2D eigenvalue weighted by molar-refractivity contribution is 0.0697. The van der Waals surface area contributed by atoms with Gasteiger partial charge in [-0.05, 0) is 79.5 Å². The molecule has 0 radical (unpaired) electrons. The summed E-state index contributed by atoms with van der Waals surface area (Å²) in [6.45, 7) is 3.64. The van der Waals surface area contributed by atoms with Crippen molar-refractivity contribution in [1.29, 1.82) is 0 Å². The predicted molar refractivity (Wildman–Crippen MR) is 179 cm³/mol. The highest BCUT2D eigenvalue weighted by Gasteiger charge is 2.28. The summed E-state index contributed by atoms with van der Waals surface area (Å²) in [4.78, 5) is 10.6. The van der Waals surface area contributed by atoms with Crippen molar-refractivity contribution >= 4 is 5.97 Å². The van der Waals surface area contributed by atoms with Crippen molar-refractivity contribution in [3.63, 3.8) is 0 Å². The van der Waals surface area contributed by atoms with Crippen molar-refractivity contribution in [2.24, 2.45) is 5.41 Å². The van der Waals surface area contributed by atoms with Crippen LogP contribution in [0.4, 0.5) is 0 Å². The number of allylic oxidation sites excluding steroid dienone is 2. The Hall–Kier alpha value is -3.55. The average molecular weight is 600 g/mol. The molecule has 0 spiro atoms. The van der Waals surface area contributed by atoms with E-state index in [1.807, 2.05) is 54.6 Å². The SMILES string of the molecule is O=C(O)c1ccc(-c2ccccc2)cc1.OCC1=CC=CC(CO)(CNCCCCCCOCCCCc2ccccc2)C1. The Morgan fingerprint density at radius 3 is 2.07 bits per heavy atom.